The molecule has 0 spiro atoms. The van der Waals surface area contributed by atoms with Gasteiger partial charge in [0.2, 0.25) is 0 Å². The molecule has 98 valence electrons. The third-order valence-corrected chi connectivity index (χ3v) is 3.57. The summed E-state index contributed by atoms with van der Waals surface area (Å²) in [5, 5.41) is 0. The summed E-state index contributed by atoms with van der Waals surface area (Å²) in [7, 11) is 0. The predicted octanol–water partition coefficient (Wildman–Crippen LogP) is 4.37. The number of benzene rings is 2. The highest BCUT2D eigenvalue weighted by molar-refractivity contribution is 9.10. The van der Waals surface area contributed by atoms with Gasteiger partial charge in [0.1, 0.15) is 18.2 Å². The molecule has 0 aromatic heterocycles. The van der Waals surface area contributed by atoms with E-state index in [2.05, 4.69) is 15.9 Å². The van der Waals surface area contributed by atoms with E-state index >= 15 is 0 Å². The van der Waals surface area contributed by atoms with Crippen LogP contribution in [-0.4, -0.2) is 5.78 Å². The second-order valence-electron chi connectivity index (χ2n) is 4.08. The third kappa shape index (κ3) is 3.41. The maximum Gasteiger partial charge on any atom is 0.159 e. The first-order valence-electron chi connectivity index (χ1n) is 5.74. The smallest absolute Gasteiger partial charge is 0.159 e. The Balaban J connectivity index is 2.06. The van der Waals surface area contributed by atoms with Crippen molar-refractivity contribution in [1.29, 1.82) is 0 Å². The Morgan fingerprint density at radius 3 is 2.53 bits per heavy atom. The molecular formula is C15H12BrFO2. The summed E-state index contributed by atoms with van der Waals surface area (Å²) < 4.78 is 19.3. The topological polar surface area (TPSA) is 26.3 Å². The molecule has 0 radical (unpaired) electrons. The molecule has 0 fully saturated rings. The van der Waals surface area contributed by atoms with Crippen LogP contribution in [0.3, 0.4) is 0 Å². The highest BCUT2D eigenvalue weighted by Gasteiger charge is 2.06. The van der Waals surface area contributed by atoms with E-state index in [1.165, 1.54) is 13.0 Å². The second-order valence-corrected chi connectivity index (χ2v) is 4.88. The molecule has 0 aliphatic rings. The Bertz CT molecular complexity index is 594. The number of hydrogen-bond donors (Lipinski definition) is 0. The van der Waals surface area contributed by atoms with E-state index in [1.54, 1.807) is 36.4 Å². The van der Waals surface area contributed by atoms with Gasteiger partial charge in [0.25, 0.3) is 0 Å². The second kappa shape index (κ2) is 5.97. The molecule has 4 heteroatoms. The van der Waals surface area contributed by atoms with Crippen molar-refractivity contribution < 1.29 is 13.9 Å². The third-order valence-electron chi connectivity index (χ3n) is 2.69. The summed E-state index contributed by atoms with van der Waals surface area (Å²) in [5.74, 6) is 0.341. The van der Waals surface area contributed by atoms with Crippen molar-refractivity contribution in [3.05, 3.63) is 63.9 Å². The van der Waals surface area contributed by atoms with Crippen LogP contribution in [-0.2, 0) is 6.61 Å². The first-order valence-corrected chi connectivity index (χ1v) is 6.54. The Morgan fingerprint density at radius 2 is 1.89 bits per heavy atom. The van der Waals surface area contributed by atoms with Gasteiger partial charge in [-0.05, 0) is 53.2 Å². The van der Waals surface area contributed by atoms with E-state index in [-0.39, 0.29) is 18.2 Å². The van der Waals surface area contributed by atoms with Crippen LogP contribution in [0.25, 0.3) is 0 Å². The molecule has 2 aromatic carbocycles. The Hall–Kier alpha value is -1.68. The lowest BCUT2D eigenvalue weighted by molar-refractivity contribution is 0.101. The van der Waals surface area contributed by atoms with Crippen LogP contribution in [0.2, 0.25) is 0 Å². The van der Waals surface area contributed by atoms with Crippen molar-refractivity contribution in [3.8, 4) is 5.75 Å². The number of ether oxygens (including phenoxy) is 1. The lowest BCUT2D eigenvalue weighted by atomic mass is 10.1. The van der Waals surface area contributed by atoms with Gasteiger partial charge in [0, 0.05) is 11.1 Å². The summed E-state index contributed by atoms with van der Waals surface area (Å²) in [5.41, 5.74) is 1.37. The maximum atomic E-state index is 13.3. The zero-order valence-corrected chi connectivity index (χ0v) is 11.9. The van der Waals surface area contributed by atoms with Crippen LogP contribution in [0.1, 0.15) is 22.8 Å². The van der Waals surface area contributed by atoms with Crippen LogP contribution < -0.4 is 4.74 Å². The number of hydrogen-bond acceptors (Lipinski definition) is 2. The van der Waals surface area contributed by atoms with Gasteiger partial charge in [-0.25, -0.2) is 4.39 Å². The zero-order valence-electron chi connectivity index (χ0n) is 10.3. The first kappa shape index (κ1) is 13.7. The van der Waals surface area contributed by atoms with Gasteiger partial charge in [-0.1, -0.05) is 12.1 Å². The molecule has 19 heavy (non-hydrogen) atoms. The fourth-order valence-corrected chi connectivity index (χ4v) is 1.99. The fraction of sp³-hybridized carbons (Fsp3) is 0.133. The lowest BCUT2D eigenvalue weighted by Crippen LogP contribution is -1.98. The van der Waals surface area contributed by atoms with Gasteiger partial charge in [0.05, 0.1) is 4.47 Å². The number of carbonyl (C=O) groups is 1. The van der Waals surface area contributed by atoms with Crippen LogP contribution in [0, 0.1) is 5.82 Å². The minimum absolute atomic E-state index is 0.0134. The van der Waals surface area contributed by atoms with Crippen molar-refractivity contribution in [3.63, 3.8) is 0 Å². The van der Waals surface area contributed by atoms with Crippen molar-refractivity contribution in [2.24, 2.45) is 0 Å². The predicted molar refractivity (Wildman–Crippen MR) is 74.9 cm³/mol. The van der Waals surface area contributed by atoms with Gasteiger partial charge >= 0.3 is 0 Å². The molecule has 0 heterocycles. The molecule has 2 nitrogen and oxygen atoms in total. The van der Waals surface area contributed by atoms with Crippen molar-refractivity contribution in [2.75, 3.05) is 0 Å². The average Bonchev–Trinajstić information content (AvgIpc) is 2.41. The fourth-order valence-electron chi connectivity index (χ4n) is 1.61. The molecule has 0 aliphatic heterocycles. The molecule has 0 bridgehead atoms. The number of Topliss-reactive ketones (excluding diaryl/α,β-unsaturated/α-hetero) is 1. The SMILES string of the molecule is CC(=O)c1ccc(OCc2cccc(F)c2Br)cc1. The summed E-state index contributed by atoms with van der Waals surface area (Å²) in [6.45, 7) is 1.78. The first-order chi connectivity index (χ1) is 9.08. The molecular weight excluding hydrogens is 311 g/mol. The summed E-state index contributed by atoms with van der Waals surface area (Å²) in [6.07, 6.45) is 0. The Kier molecular flexibility index (Phi) is 4.32. The molecule has 0 amide bonds. The number of carbonyl (C=O) groups excluding carboxylic acids is 1. The largest absolute Gasteiger partial charge is 0.489 e. The molecule has 2 aromatic rings. The lowest BCUT2D eigenvalue weighted by Gasteiger charge is -2.08. The van der Waals surface area contributed by atoms with Gasteiger partial charge in [-0.15, -0.1) is 0 Å². The van der Waals surface area contributed by atoms with Gasteiger partial charge in [-0.2, -0.15) is 0 Å². The quantitative estimate of drug-likeness (QED) is 0.781. The molecule has 0 saturated carbocycles. The van der Waals surface area contributed by atoms with E-state index < -0.39 is 0 Å². The molecule has 2 rings (SSSR count). The summed E-state index contributed by atoms with van der Waals surface area (Å²) in [6, 6.07) is 11.7. The molecule has 0 unspecified atom stereocenters. The van der Waals surface area contributed by atoms with Crippen LogP contribution in [0.5, 0.6) is 5.75 Å². The van der Waals surface area contributed by atoms with Crippen LogP contribution in [0.4, 0.5) is 4.39 Å². The van der Waals surface area contributed by atoms with E-state index in [0.717, 1.165) is 5.56 Å². The van der Waals surface area contributed by atoms with Crippen LogP contribution in [0.15, 0.2) is 46.9 Å². The Labute approximate surface area is 119 Å². The maximum absolute atomic E-state index is 13.3. The molecule has 0 saturated heterocycles. The van der Waals surface area contributed by atoms with E-state index in [4.69, 9.17) is 4.74 Å². The van der Waals surface area contributed by atoms with Crippen molar-refractivity contribution in [2.45, 2.75) is 13.5 Å². The van der Waals surface area contributed by atoms with E-state index in [0.29, 0.717) is 15.8 Å². The normalized spacial score (nSPS) is 10.3. The average molecular weight is 323 g/mol. The minimum atomic E-state index is -0.312. The molecule has 0 aliphatic carbocycles. The van der Waals surface area contributed by atoms with E-state index in [1.807, 2.05) is 0 Å². The van der Waals surface area contributed by atoms with Gasteiger partial charge < -0.3 is 4.74 Å². The monoisotopic (exact) mass is 322 g/mol. The number of halogens is 2. The summed E-state index contributed by atoms with van der Waals surface area (Å²) in [4.78, 5) is 11.1. The Morgan fingerprint density at radius 1 is 1.21 bits per heavy atom. The number of rotatable bonds is 4. The van der Waals surface area contributed by atoms with Gasteiger partial charge in [0.15, 0.2) is 5.78 Å². The molecule has 0 N–H and O–H groups in total. The standard InChI is InChI=1S/C15H12BrFO2/c1-10(18)11-5-7-13(8-6-11)19-9-12-3-2-4-14(17)15(12)16/h2-8H,9H2,1H3. The minimum Gasteiger partial charge on any atom is -0.489 e. The highest BCUT2D eigenvalue weighted by Crippen LogP contribution is 2.22. The highest BCUT2D eigenvalue weighted by atomic mass is 79.9. The van der Waals surface area contributed by atoms with E-state index in [9.17, 15) is 9.18 Å². The zero-order chi connectivity index (χ0) is 13.8. The van der Waals surface area contributed by atoms with Crippen molar-refractivity contribution in [1.82, 2.24) is 0 Å². The van der Waals surface area contributed by atoms with Crippen molar-refractivity contribution >= 4 is 21.7 Å². The summed E-state index contributed by atoms with van der Waals surface area (Å²) >= 11 is 3.18. The van der Waals surface area contributed by atoms with Crippen LogP contribution >= 0.6 is 15.9 Å². The molecule has 0 atom stereocenters. The van der Waals surface area contributed by atoms with Gasteiger partial charge in [-0.3, -0.25) is 4.79 Å². The number of ketones is 1.